The highest BCUT2D eigenvalue weighted by molar-refractivity contribution is 5.98. The van der Waals surface area contributed by atoms with Gasteiger partial charge in [-0.15, -0.1) is 0 Å². The van der Waals surface area contributed by atoms with Gasteiger partial charge < -0.3 is 34.3 Å². The lowest BCUT2D eigenvalue weighted by atomic mass is 9.93. The number of benzene rings is 1. The number of nitrogens with one attached hydrogen (secondary N) is 1. The first kappa shape index (κ1) is 22.7. The van der Waals surface area contributed by atoms with Gasteiger partial charge >= 0.3 is 0 Å². The van der Waals surface area contributed by atoms with Gasteiger partial charge in [-0.25, -0.2) is 0 Å². The molecular formula is C22H34N2O6. The predicted molar refractivity (Wildman–Crippen MR) is 113 cm³/mol. The minimum Gasteiger partial charge on any atom is -0.493 e. The summed E-state index contributed by atoms with van der Waals surface area (Å²) in [6.07, 6.45) is 3.24. The molecule has 0 aromatic heterocycles. The van der Waals surface area contributed by atoms with Crippen LogP contribution in [-0.2, 0) is 4.74 Å². The zero-order valence-electron chi connectivity index (χ0n) is 18.0. The van der Waals surface area contributed by atoms with Gasteiger partial charge in [0.25, 0.3) is 5.91 Å². The summed E-state index contributed by atoms with van der Waals surface area (Å²) in [5, 5.41) is 13.5. The van der Waals surface area contributed by atoms with Crippen molar-refractivity contribution < 1.29 is 28.8 Å². The SMILES string of the molecule is COCCCCN1CC[C@H](CNC(=O)c2ccc(OC)c3c2OCCCO3)[C@H](O)C1. The molecule has 0 spiro atoms. The van der Waals surface area contributed by atoms with Crippen LogP contribution in [-0.4, -0.2) is 82.2 Å². The second-order valence-electron chi connectivity index (χ2n) is 7.85. The van der Waals surface area contributed by atoms with E-state index in [-0.39, 0.29) is 11.8 Å². The maximum Gasteiger partial charge on any atom is 0.255 e. The van der Waals surface area contributed by atoms with Crippen LogP contribution < -0.4 is 19.5 Å². The molecule has 0 bridgehead atoms. The van der Waals surface area contributed by atoms with Crippen molar-refractivity contribution in [1.29, 1.82) is 0 Å². The first-order valence-electron chi connectivity index (χ1n) is 10.8. The minimum absolute atomic E-state index is 0.0400. The molecule has 0 radical (unpaired) electrons. The van der Waals surface area contributed by atoms with E-state index in [0.29, 0.717) is 49.1 Å². The van der Waals surface area contributed by atoms with Crippen LogP contribution >= 0.6 is 0 Å². The summed E-state index contributed by atoms with van der Waals surface area (Å²) < 4.78 is 22.0. The number of carbonyl (C=O) groups excluding carboxylic acids is 1. The van der Waals surface area contributed by atoms with Crippen molar-refractivity contribution in [3.8, 4) is 17.2 Å². The molecule has 3 rings (SSSR count). The monoisotopic (exact) mass is 422 g/mol. The zero-order valence-corrected chi connectivity index (χ0v) is 18.0. The Morgan fingerprint density at radius 1 is 1.23 bits per heavy atom. The van der Waals surface area contributed by atoms with Crippen molar-refractivity contribution in [2.24, 2.45) is 5.92 Å². The number of aliphatic hydroxyl groups excluding tert-OH is 1. The minimum atomic E-state index is -0.450. The summed E-state index contributed by atoms with van der Waals surface area (Å²) in [6, 6.07) is 3.42. The molecule has 2 heterocycles. The number of methoxy groups -OCH3 is 2. The summed E-state index contributed by atoms with van der Waals surface area (Å²) in [4.78, 5) is 15.1. The van der Waals surface area contributed by atoms with Crippen LogP contribution in [0.4, 0.5) is 0 Å². The van der Waals surface area contributed by atoms with E-state index in [1.165, 1.54) is 0 Å². The van der Waals surface area contributed by atoms with Gasteiger partial charge in [-0.3, -0.25) is 4.79 Å². The van der Waals surface area contributed by atoms with Gasteiger partial charge in [0.1, 0.15) is 0 Å². The number of likely N-dealkylation sites (tertiary alicyclic amines) is 1. The number of rotatable bonds is 9. The number of piperidine rings is 1. The Morgan fingerprint density at radius 2 is 2.03 bits per heavy atom. The highest BCUT2D eigenvalue weighted by Crippen LogP contribution is 2.41. The molecule has 8 nitrogen and oxygen atoms in total. The van der Waals surface area contributed by atoms with Crippen LogP contribution in [0.5, 0.6) is 17.2 Å². The van der Waals surface area contributed by atoms with Crippen molar-refractivity contribution in [3.05, 3.63) is 17.7 Å². The molecule has 2 atom stereocenters. The molecule has 1 saturated heterocycles. The molecule has 2 aliphatic heterocycles. The Morgan fingerprint density at radius 3 is 2.77 bits per heavy atom. The van der Waals surface area contributed by atoms with Crippen molar-refractivity contribution in [2.45, 2.75) is 31.8 Å². The standard InChI is InChI=1S/C22H34N2O6/c1-27-11-4-3-9-24-10-8-16(18(25)15-24)14-23-22(26)17-6-7-19(28-2)21-20(17)29-12-5-13-30-21/h6-7,16,18,25H,3-5,8-15H2,1-2H3,(H,23,26)/t16-,18-/m1/s1. The number of unbranched alkanes of at least 4 members (excludes halogenated alkanes) is 1. The summed E-state index contributed by atoms with van der Waals surface area (Å²) in [7, 11) is 3.28. The molecule has 168 valence electrons. The van der Waals surface area contributed by atoms with E-state index >= 15 is 0 Å². The van der Waals surface area contributed by atoms with Crippen LogP contribution in [0.2, 0.25) is 0 Å². The van der Waals surface area contributed by atoms with E-state index in [1.807, 2.05) is 0 Å². The second-order valence-corrected chi connectivity index (χ2v) is 7.85. The number of nitrogens with zero attached hydrogens (tertiary/aromatic N) is 1. The van der Waals surface area contributed by atoms with Crippen molar-refractivity contribution in [3.63, 3.8) is 0 Å². The van der Waals surface area contributed by atoms with E-state index in [1.54, 1.807) is 26.4 Å². The van der Waals surface area contributed by atoms with Crippen LogP contribution in [0.15, 0.2) is 12.1 Å². The molecule has 2 N–H and O–H groups in total. The molecule has 0 aliphatic carbocycles. The fourth-order valence-corrected chi connectivity index (χ4v) is 3.96. The van der Waals surface area contributed by atoms with Gasteiger partial charge in [0.15, 0.2) is 11.5 Å². The smallest absolute Gasteiger partial charge is 0.255 e. The van der Waals surface area contributed by atoms with Crippen LogP contribution in [0.1, 0.15) is 36.0 Å². The number of β-amino-alcohol motifs (C(OH)–C–C–N with tert-alkyl or cyclic N) is 1. The third-order valence-electron chi connectivity index (χ3n) is 5.73. The molecule has 1 amide bonds. The zero-order chi connectivity index (χ0) is 21.3. The molecule has 8 heteroatoms. The van der Waals surface area contributed by atoms with Crippen LogP contribution in [0, 0.1) is 5.92 Å². The lowest BCUT2D eigenvalue weighted by molar-refractivity contribution is 0.0209. The van der Waals surface area contributed by atoms with E-state index in [2.05, 4.69) is 10.2 Å². The summed E-state index contributed by atoms with van der Waals surface area (Å²) >= 11 is 0. The van der Waals surface area contributed by atoms with E-state index in [4.69, 9.17) is 18.9 Å². The fraction of sp³-hybridized carbons (Fsp3) is 0.682. The van der Waals surface area contributed by atoms with E-state index in [0.717, 1.165) is 45.4 Å². The van der Waals surface area contributed by atoms with Gasteiger partial charge in [-0.2, -0.15) is 0 Å². The summed E-state index contributed by atoms with van der Waals surface area (Å²) in [5.41, 5.74) is 0.428. The summed E-state index contributed by atoms with van der Waals surface area (Å²) in [6.45, 7) is 4.75. The quantitative estimate of drug-likeness (QED) is 0.586. The third-order valence-corrected chi connectivity index (χ3v) is 5.73. The predicted octanol–water partition coefficient (Wildman–Crippen LogP) is 1.70. The molecule has 1 fully saturated rings. The number of fused-ring (bicyclic) bond motifs is 1. The van der Waals surface area contributed by atoms with Crippen molar-refractivity contribution in [1.82, 2.24) is 10.2 Å². The Bertz CT molecular complexity index is 698. The third kappa shape index (κ3) is 5.77. The molecule has 0 unspecified atom stereocenters. The Kier molecular flexibility index (Phi) is 8.60. The number of aliphatic hydroxyl groups is 1. The molecule has 0 saturated carbocycles. The van der Waals surface area contributed by atoms with Crippen LogP contribution in [0.25, 0.3) is 0 Å². The maximum atomic E-state index is 12.9. The van der Waals surface area contributed by atoms with Crippen molar-refractivity contribution >= 4 is 5.91 Å². The largest absolute Gasteiger partial charge is 0.493 e. The Balaban J connectivity index is 1.54. The topological polar surface area (TPSA) is 89.5 Å². The van der Waals surface area contributed by atoms with Gasteiger partial charge in [0.2, 0.25) is 5.75 Å². The van der Waals surface area contributed by atoms with E-state index < -0.39 is 6.10 Å². The molecule has 2 aliphatic rings. The van der Waals surface area contributed by atoms with Gasteiger partial charge in [-0.1, -0.05) is 0 Å². The number of hydrogen-bond acceptors (Lipinski definition) is 7. The number of carbonyl (C=O) groups is 1. The van der Waals surface area contributed by atoms with Gasteiger partial charge in [0, 0.05) is 39.1 Å². The maximum absolute atomic E-state index is 12.9. The molecule has 1 aromatic carbocycles. The lowest BCUT2D eigenvalue weighted by Crippen LogP contribution is -2.47. The first-order valence-corrected chi connectivity index (χ1v) is 10.8. The second kappa shape index (κ2) is 11.4. The highest BCUT2D eigenvalue weighted by Gasteiger charge is 2.29. The lowest BCUT2D eigenvalue weighted by Gasteiger charge is -2.36. The normalized spacial score (nSPS) is 21.7. The molecule has 1 aromatic rings. The number of hydrogen-bond donors (Lipinski definition) is 2. The Labute approximate surface area is 178 Å². The van der Waals surface area contributed by atoms with Gasteiger partial charge in [0.05, 0.1) is 32.0 Å². The van der Waals surface area contributed by atoms with Crippen LogP contribution in [0.3, 0.4) is 0 Å². The Hall–Kier alpha value is -2.03. The average molecular weight is 423 g/mol. The van der Waals surface area contributed by atoms with Crippen molar-refractivity contribution in [2.75, 3.05) is 60.2 Å². The molecule has 30 heavy (non-hydrogen) atoms. The van der Waals surface area contributed by atoms with E-state index in [9.17, 15) is 9.90 Å². The van der Waals surface area contributed by atoms with Gasteiger partial charge in [-0.05, 0) is 44.5 Å². The first-order chi connectivity index (χ1) is 14.6. The number of amides is 1. The average Bonchev–Trinajstić information content (AvgIpc) is 3.01. The number of ether oxygens (including phenoxy) is 4. The fourth-order valence-electron chi connectivity index (χ4n) is 3.96. The highest BCUT2D eigenvalue weighted by atomic mass is 16.5. The summed E-state index contributed by atoms with van der Waals surface area (Å²) in [5.74, 6) is 1.27. The molecular weight excluding hydrogens is 388 g/mol.